The van der Waals surface area contributed by atoms with Crippen molar-refractivity contribution in [3.63, 3.8) is 0 Å². The number of rotatable bonds is 6. The van der Waals surface area contributed by atoms with E-state index in [9.17, 15) is 27.9 Å². The molecule has 7 nitrogen and oxygen atoms in total. The molecule has 0 aliphatic heterocycles. The maximum Gasteiger partial charge on any atom is 0.416 e. The van der Waals surface area contributed by atoms with Crippen molar-refractivity contribution in [2.75, 3.05) is 11.9 Å². The molecule has 196 valence electrons. The number of hydrogen-bond acceptors (Lipinski definition) is 4. The second-order valence-electron chi connectivity index (χ2n) is 8.75. The summed E-state index contributed by atoms with van der Waals surface area (Å²) in [5.41, 5.74) is 3.07. The van der Waals surface area contributed by atoms with Crippen molar-refractivity contribution >= 4 is 28.5 Å². The monoisotopic (exact) mass is 530 g/mol. The number of halogens is 3. The first-order valence-corrected chi connectivity index (χ1v) is 11.8. The first-order chi connectivity index (χ1) is 18.7. The molecule has 10 heteroatoms. The fraction of sp³-hybridized carbons (Fsp3) is 0.0690. The Morgan fingerprint density at radius 2 is 1.54 bits per heavy atom. The Morgan fingerprint density at radius 1 is 0.846 bits per heavy atom. The third-order valence-corrected chi connectivity index (χ3v) is 5.96. The molecule has 0 saturated heterocycles. The van der Waals surface area contributed by atoms with E-state index in [-0.39, 0.29) is 17.8 Å². The predicted molar refractivity (Wildman–Crippen MR) is 141 cm³/mol. The third-order valence-electron chi connectivity index (χ3n) is 5.96. The Morgan fingerprint density at radius 3 is 2.28 bits per heavy atom. The number of alkyl halides is 3. The van der Waals surface area contributed by atoms with Gasteiger partial charge in [0.05, 0.1) is 23.1 Å². The quantitative estimate of drug-likeness (QED) is 0.216. The second kappa shape index (κ2) is 10.3. The lowest BCUT2D eigenvalue weighted by molar-refractivity contribution is -0.137. The molecule has 0 unspecified atom stereocenters. The number of imidazole rings is 1. The highest BCUT2D eigenvalue weighted by Gasteiger charge is 2.30. The van der Waals surface area contributed by atoms with Crippen molar-refractivity contribution in [3.8, 4) is 28.3 Å². The Bertz CT molecular complexity index is 1680. The predicted octanol–water partition coefficient (Wildman–Crippen LogP) is 5.99. The Hall–Kier alpha value is -5.12. The summed E-state index contributed by atoms with van der Waals surface area (Å²) in [5, 5.41) is 14.6. The molecule has 0 atom stereocenters. The lowest BCUT2D eigenvalue weighted by Gasteiger charge is -2.10. The summed E-state index contributed by atoms with van der Waals surface area (Å²) < 4.78 is 39.2. The van der Waals surface area contributed by atoms with Gasteiger partial charge in [0.1, 0.15) is 11.6 Å². The molecule has 5 rings (SSSR count). The summed E-state index contributed by atoms with van der Waals surface area (Å²) in [6.45, 7) is -0.248. The summed E-state index contributed by atoms with van der Waals surface area (Å²) in [7, 11) is 0. The molecule has 0 aliphatic carbocycles. The fourth-order valence-corrected chi connectivity index (χ4v) is 4.03. The molecule has 0 bridgehead atoms. The average molecular weight is 531 g/mol. The molecule has 2 amide bonds. The van der Waals surface area contributed by atoms with Crippen LogP contribution in [-0.4, -0.2) is 33.4 Å². The zero-order chi connectivity index (χ0) is 27.6. The normalized spacial score (nSPS) is 11.4. The number of amides is 2. The number of phenolic OH excluding ortho intramolecular Hbond substituents is 1. The lowest BCUT2D eigenvalue weighted by Crippen LogP contribution is -2.32. The number of nitrogens with one attached hydrogen (secondary N) is 3. The van der Waals surface area contributed by atoms with Gasteiger partial charge in [-0.15, -0.1) is 0 Å². The van der Waals surface area contributed by atoms with Gasteiger partial charge in [0.15, 0.2) is 0 Å². The molecule has 0 radical (unpaired) electrons. The molecule has 5 aromatic rings. The van der Waals surface area contributed by atoms with Gasteiger partial charge in [-0.25, -0.2) is 4.98 Å². The van der Waals surface area contributed by atoms with Gasteiger partial charge in [-0.1, -0.05) is 30.3 Å². The van der Waals surface area contributed by atoms with E-state index in [1.54, 1.807) is 24.3 Å². The number of aromatic nitrogens is 2. The van der Waals surface area contributed by atoms with Crippen LogP contribution in [-0.2, 0) is 11.0 Å². The molecule has 1 aromatic heterocycles. The molecule has 39 heavy (non-hydrogen) atoms. The van der Waals surface area contributed by atoms with Crippen LogP contribution >= 0.6 is 0 Å². The minimum atomic E-state index is -4.45. The number of hydrogen-bond donors (Lipinski definition) is 4. The molecule has 0 saturated carbocycles. The van der Waals surface area contributed by atoms with Crippen molar-refractivity contribution < 1.29 is 27.9 Å². The maximum absolute atomic E-state index is 13.1. The summed E-state index contributed by atoms with van der Waals surface area (Å²) in [6.07, 6.45) is -4.45. The maximum atomic E-state index is 13.1. The van der Waals surface area contributed by atoms with Crippen molar-refractivity contribution in [1.29, 1.82) is 0 Å². The van der Waals surface area contributed by atoms with E-state index < -0.39 is 23.6 Å². The van der Waals surface area contributed by atoms with E-state index in [4.69, 9.17) is 0 Å². The van der Waals surface area contributed by atoms with Crippen LogP contribution < -0.4 is 10.6 Å². The molecular weight excluding hydrogens is 509 g/mol. The van der Waals surface area contributed by atoms with E-state index in [0.29, 0.717) is 28.2 Å². The Balaban J connectivity index is 1.29. The first kappa shape index (κ1) is 25.5. The van der Waals surface area contributed by atoms with E-state index in [2.05, 4.69) is 20.6 Å². The van der Waals surface area contributed by atoms with Gasteiger partial charge in [0.25, 0.3) is 5.91 Å². The van der Waals surface area contributed by atoms with Crippen molar-refractivity contribution in [2.24, 2.45) is 0 Å². The smallest absolute Gasteiger partial charge is 0.416 e. The van der Waals surface area contributed by atoms with Crippen molar-refractivity contribution in [1.82, 2.24) is 15.3 Å². The molecule has 0 aliphatic rings. The number of fused-ring (bicyclic) bond motifs is 1. The number of H-pyrrole nitrogens is 1. The second-order valence-corrected chi connectivity index (χ2v) is 8.75. The van der Waals surface area contributed by atoms with Crippen LogP contribution in [0.1, 0.15) is 15.9 Å². The molecule has 4 N–H and O–H groups in total. The van der Waals surface area contributed by atoms with E-state index in [1.807, 2.05) is 24.3 Å². The molecule has 4 aromatic carbocycles. The van der Waals surface area contributed by atoms with Gasteiger partial charge in [-0.05, 0) is 71.8 Å². The minimum absolute atomic E-state index is 0.0341. The summed E-state index contributed by atoms with van der Waals surface area (Å²) in [6, 6.07) is 23.5. The van der Waals surface area contributed by atoms with Gasteiger partial charge in [0, 0.05) is 16.8 Å². The SMILES string of the molecule is O=C(CNC(=O)c1ccc(O)cc1)Nc1cccc(-c2cccc(-c3nc4ccc(C(F)(F)F)cc4[nH]3)c2)c1. The molecule has 0 fully saturated rings. The number of aromatic amines is 1. The molecule has 1 heterocycles. The summed E-state index contributed by atoms with van der Waals surface area (Å²) >= 11 is 0. The fourth-order valence-electron chi connectivity index (χ4n) is 4.03. The number of carbonyl (C=O) groups excluding carboxylic acids is 2. The largest absolute Gasteiger partial charge is 0.508 e. The van der Waals surface area contributed by atoms with Crippen molar-refractivity contribution in [3.05, 3.63) is 102 Å². The van der Waals surface area contributed by atoms with Crippen LogP contribution in [0, 0.1) is 0 Å². The van der Waals surface area contributed by atoms with Gasteiger partial charge >= 0.3 is 6.18 Å². The van der Waals surface area contributed by atoms with Crippen LogP contribution in [0.2, 0.25) is 0 Å². The Kier molecular flexibility index (Phi) is 6.76. The number of phenols is 1. The topological polar surface area (TPSA) is 107 Å². The zero-order valence-electron chi connectivity index (χ0n) is 20.2. The number of aromatic hydroxyl groups is 1. The summed E-state index contributed by atoms with van der Waals surface area (Å²) in [4.78, 5) is 32.0. The van der Waals surface area contributed by atoms with Gasteiger partial charge in [0.2, 0.25) is 5.91 Å². The standard InChI is InChI=1S/C29H21F3N4O3/c30-29(31,32)21-9-12-24-25(15-21)36-27(35-24)20-5-1-3-18(13-20)19-4-2-6-22(14-19)34-26(38)16-33-28(39)17-7-10-23(37)11-8-17/h1-15,37H,16H2,(H,33,39)(H,34,38)(H,35,36). The zero-order valence-corrected chi connectivity index (χ0v) is 20.2. The lowest BCUT2D eigenvalue weighted by atomic mass is 10.0. The highest BCUT2D eigenvalue weighted by molar-refractivity contribution is 5.99. The highest BCUT2D eigenvalue weighted by Crippen LogP contribution is 2.32. The number of carbonyl (C=O) groups is 2. The van der Waals surface area contributed by atoms with E-state index >= 15 is 0 Å². The third kappa shape index (κ3) is 5.90. The minimum Gasteiger partial charge on any atom is -0.508 e. The van der Waals surface area contributed by atoms with Crippen LogP contribution in [0.4, 0.5) is 18.9 Å². The number of benzene rings is 4. The number of nitrogens with zero attached hydrogens (tertiary/aromatic N) is 1. The van der Waals surface area contributed by atoms with Crippen molar-refractivity contribution in [2.45, 2.75) is 6.18 Å². The molecule has 0 spiro atoms. The van der Waals surface area contributed by atoms with Gasteiger partial charge in [-0.3, -0.25) is 9.59 Å². The average Bonchev–Trinajstić information content (AvgIpc) is 3.36. The van der Waals surface area contributed by atoms with Gasteiger partial charge in [-0.2, -0.15) is 13.2 Å². The van der Waals surface area contributed by atoms with Crippen LogP contribution in [0.25, 0.3) is 33.5 Å². The van der Waals surface area contributed by atoms with Gasteiger partial charge < -0.3 is 20.7 Å². The van der Waals surface area contributed by atoms with Crippen LogP contribution in [0.3, 0.4) is 0 Å². The highest BCUT2D eigenvalue weighted by atomic mass is 19.4. The van der Waals surface area contributed by atoms with E-state index in [1.165, 1.54) is 30.3 Å². The van der Waals surface area contributed by atoms with Crippen LogP contribution in [0.5, 0.6) is 5.75 Å². The molecular formula is C29H21F3N4O3. The summed E-state index contributed by atoms with van der Waals surface area (Å²) in [5.74, 6) is -0.406. The Labute approximate surface area is 220 Å². The van der Waals surface area contributed by atoms with Crippen LogP contribution in [0.15, 0.2) is 91.0 Å². The first-order valence-electron chi connectivity index (χ1n) is 11.8. The van der Waals surface area contributed by atoms with E-state index in [0.717, 1.165) is 23.3 Å². The number of anilines is 1.